The van der Waals surface area contributed by atoms with Crippen molar-refractivity contribution in [3.63, 3.8) is 0 Å². The zero-order valence-corrected chi connectivity index (χ0v) is 45.6. The van der Waals surface area contributed by atoms with E-state index in [9.17, 15) is 51.1 Å². The zero-order valence-electron chi connectivity index (χ0n) is 41.4. The Labute approximate surface area is 432 Å². The van der Waals surface area contributed by atoms with Gasteiger partial charge in [0.15, 0.2) is 0 Å². The summed E-state index contributed by atoms with van der Waals surface area (Å²) in [6.07, 6.45) is 0. The minimum absolute atomic E-state index is 0.246. The summed E-state index contributed by atoms with van der Waals surface area (Å²) in [5.74, 6) is 5.05. The van der Waals surface area contributed by atoms with Crippen LogP contribution in [0.15, 0.2) is 158 Å². The van der Waals surface area contributed by atoms with Crippen molar-refractivity contribution >= 4 is 102 Å². The number of nitrogens with zero attached hydrogens (tertiary/aromatic N) is 2. The first-order valence-corrected chi connectivity index (χ1v) is 38.6. The predicted octanol–water partition coefficient (Wildman–Crippen LogP) is 13.6. The maximum atomic E-state index is 10.9. The molecule has 0 aliphatic rings. The van der Waals surface area contributed by atoms with Gasteiger partial charge in [-0.3, -0.25) is 0 Å². The number of phenolic OH excluding ortho intramolecular Hbond substituents is 10. The van der Waals surface area contributed by atoms with Gasteiger partial charge < -0.3 is 30.6 Å². The Bertz CT molecular complexity index is 3540. The fraction of sp³-hybridized carbons (Fsp3) is 0.100. The molecule has 74 heavy (non-hydrogen) atoms. The molecule has 0 amide bonds. The molecule has 12 nitrogen and oxygen atoms in total. The van der Waals surface area contributed by atoms with Crippen LogP contribution in [0.1, 0.15) is 0 Å². The van der Waals surface area contributed by atoms with Crippen molar-refractivity contribution in [2.24, 2.45) is 0 Å². The Morgan fingerprint density at radius 3 is 0.784 bits per heavy atom. The topological polar surface area (TPSA) is 209 Å². The van der Waals surface area contributed by atoms with Crippen LogP contribution in [0.2, 0.25) is 34.5 Å². The van der Waals surface area contributed by atoms with E-state index in [-0.39, 0.29) is 22.3 Å². The number of hydrogen-bond acceptors (Lipinski definition) is 12. The van der Waals surface area contributed by atoms with Gasteiger partial charge in [-0.05, 0) is 0 Å². The molecule has 10 N–H and O–H groups in total. The average Bonchev–Trinajstić information content (AvgIpc) is 3.41. The Balaban J connectivity index is 1.20. The van der Waals surface area contributed by atoms with E-state index in [0.29, 0.717) is 0 Å². The van der Waals surface area contributed by atoms with Crippen LogP contribution >= 0.6 is 0 Å². The number of phenols is 10. The molecule has 10 aromatic rings. The predicted molar refractivity (Wildman–Crippen MR) is 302 cm³/mol. The molecule has 0 spiro atoms. The van der Waals surface area contributed by atoms with Crippen LogP contribution in [-0.4, -0.2) is 77.6 Å². The molecule has 372 valence electrons. The molecule has 0 aliphatic carbocycles. The van der Waals surface area contributed by atoms with Crippen LogP contribution in [-0.2, 0) is 0 Å². The van der Waals surface area contributed by atoms with Crippen LogP contribution in [0.25, 0.3) is 54.6 Å². The molecule has 0 saturated heterocycles. The monoisotopic (exact) mass is 1110 g/mol. The van der Waals surface area contributed by atoms with Crippen LogP contribution < -0.4 is 18.6 Å². The van der Waals surface area contributed by atoms with Gasteiger partial charge in [-0.2, -0.15) is 0 Å². The Morgan fingerprint density at radius 2 is 0.514 bits per heavy atom. The van der Waals surface area contributed by atoms with E-state index >= 15 is 0 Å². The van der Waals surface area contributed by atoms with E-state index < -0.39 is 84.0 Å². The third kappa shape index (κ3) is 8.29. The van der Waals surface area contributed by atoms with E-state index in [2.05, 4.69) is 129 Å². The standard InChI is InChI=1S/C60H54Ge2N2O10/c1-61(2,3)35-19-27-39(28-20-35)63(37-23-15-33(16-24-37)49-51(65)55(69)59(73)56(70)52(49)66)47-31-45-42-12-8-10-14-44(42)48(32-46(45)41-11-7-9-13-43(41)47)64(40-29-21-36(22-30-40)62(4,5)6)38-25-17-34(18-26-38)50-53(67)57(71)60(74)58(72)54(50)68/h7-32,65-74H,1-6H3. The molecule has 0 heterocycles. The number of benzene rings is 10. The van der Waals surface area contributed by atoms with Crippen molar-refractivity contribution in [2.45, 2.75) is 34.5 Å². The molecular weight excluding hydrogens is 1050 g/mol. The van der Waals surface area contributed by atoms with Crippen LogP contribution in [0, 0.1) is 0 Å². The second-order valence-electron chi connectivity index (χ2n) is 20.6. The Morgan fingerprint density at radius 1 is 0.270 bits per heavy atom. The number of rotatable bonds is 10. The van der Waals surface area contributed by atoms with Gasteiger partial charge in [-0.25, -0.2) is 0 Å². The number of anilines is 6. The van der Waals surface area contributed by atoms with Gasteiger partial charge in [0.05, 0.1) is 0 Å². The van der Waals surface area contributed by atoms with Crippen molar-refractivity contribution in [3.05, 3.63) is 158 Å². The summed E-state index contributed by atoms with van der Waals surface area (Å²) in [5, 5.41) is 111. The molecular formula is C60H54Ge2N2O10. The van der Waals surface area contributed by atoms with Crippen molar-refractivity contribution in [3.8, 4) is 79.7 Å². The maximum absolute atomic E-state index is 10.9. The average molecular weight is 1110 g/mol. The molecule has 0 radical (unpaired) electrons. The van der Waals surface area contributed by atoms with Crippen LogP contribution in [0.4, 0.5) is 34.1 Å². The number of fused-ring (bicyclic) bond motifs is 5. The van der Waals surface area contributed by atoms with Crippen molar-refractivity contribution in [2.75, 3.05) is 9.80 Å². The Hall–Kier alpha value is -8.33. The van der Waals surface area contributed by atoms with Crippen molar-refractivity contribution < 1.29 is 51.1 Å². The molecule has 10 aromatic carbocycles. The van der Waals surface area contributed by atoms with E-state index in [1.54, 1.807) is 24.3 Å². The quantitative estimate of drug-likeness (QED) is 0.0269. The van der Waals surface area contributed by atoms with Gasteiger partial charge in [0, 0.05) is 0 Å². The summed E-state index contributed by atoms with van der Waals surface area (Å²) in [4.78, 5) is 4.33. The van der Waals surface area contributed by atoms with E-state index in [4.69, 9.17) is 0 Å². The molecule has 0 fully saturated rings. The molecule has 0 saturated carbocycles. The number of hydrogen-bond donors (Lipinski definition) is 10. The summed E-state index contributed by atoms with van der Waals surface area (Å²) in [5.41, 5.74) is 5.00. The van der Waals surface area contributed by atoms with Crippen molar-refractivity contribution in [1.82, 2.24) is 0 Å². The van der Waals surface area contributed by atoms with Gasteiger partial charge in [-0.1, -0.05) is 0 Å². The van der Waals surface area contributed by atoms with Gasteiger partial charge in [-0.15, -0.1) is 0 Å². The molecule has 0 aromatic heterocycles. The summed E-state index contributed by atoms with van der Waals surface area (Å²) < 4.78 is 2.66. The molecule has 10 rings (SSSR count). The summed E-state index contributed by atoms with van der Waals surface area (Å²) in [6, 6.07) is 52.1. The molecule has 0 bridgehead atoms. The third-order valence-corrected chi connectivity index (χ3v) is 22.5. The second kappa shape index (κ2) is 18.3. The first-order valence-electron chi connectivity index (χ1n) is 23.9. The molecule has 0 unspecified atom stereocenters. The van der Waals surface area contributed by atoms with Crippen LogP contribution in [0.3, 0.4) is 0 Å². The first-order chi connectivity index (χ1) is 35.1. The fourth-order valence-corrected chi connectivity index (χ4v) is 14.7. The molecule has 0 aliphatic heterocycles. The van der Waals surface area contributed by atoms with Gasteiger partial charge >= 0.3 is 393 Å². The van der Waals surface area contributed by atoms with Gasteiger partial charge in [0.25, 0.3) is 0 Å². The van der Waals surface area contributed by atoms with Gasteiger partial charge in [0.1, 0.15) is 0 Å². The third-order valence-electron chi connectivity index (χ3n) is 13.9. The van der Waals surface area contributed by atoms with Crippen LogP contribution in [0.5, 0.6) is 57.5 Å². The van der Waals surface area contributed by atoms with E-state index in [1.807, 2.05) is 48.5 Å². The van der Waals surface area contributed by atoms with E-state index in [0.717, 1.165) is 66.4 Å². The fourth-order valence-electron chi connectivity index (χ4n) is 9.83. The summed E-state index contributed by atoms with van der Waals surface area (Å²) in [6.45, 7) is 0. The summed E-state index contributed by atoms with van der Waals surface area (Å²) >= 11 is -4.52. The Kier molecular flexibility index (Phi) is 12.2. The normalized spacial score (nSPS) is 11.9. The SMILES string of the molecule is [CH3][Ge]([CH3])([CH3])[c]1ccc(N(c2ccc(-c3c(O)c(O)c(O)c(O)c3O)cc2)c2cc3c4ccccc4c(N(c4ccc(-c5c(O)c(O)c(O)c(O)c5O)cc4)c4cc[c]([Ge]([CH3])([CH3])[CH3])cc4)cc3c3ccccc23)cc1. The molecule has 0 atom stereocenters. The number of aromatic hydroxyl groups is 10. The first kappa shape index (κ1) is 49.3. The van der Waals surface area contributed by atoms with E-state index in [1.165, 1.54) is 8.79 Å². The minimum atomic E-state index is -2.26. The molecule has 14 heteroatoms. The van der Waals surface area contributed by atoms with Gasteiger partial charge in [0.2, 0.25) is 11.5 Å². The summed E-state index contributed by atoms with van der Waals surface area (Å²) in [7, 11) is 0. The zero-order chi connectivity index (χ0) is 52.7. The second-order valence-corrected chi connectivity index (χ2v) is 41.9. The van der Waals surface area contributed by atoms with Crippen molar-refractivity contribution in [1.29, 1.82) is 0 Å².